The molecule has 0 saturated carbocycles. The first-order valence-electron chi connectivity index (χ1n) is 6.07. The fourth-order valence-corrected chi connectivity index (χ4v) is 1.31. The molecule has 1 aromatic carbocycles. The van der Waals surface area contributed by atoms with E-state index >= 15 is 0 Å². The van der Waals surface area contributed by atoms with Gasteiger partial charge < -0.3 is 9.47 Å². The highest BCUT2D eigenvalue weighted by Crippen LogP contribution is 2.10. The number of hydrogen-bond donors (Lipinski definition) is 0. The van der Waals surface area contributed by atoms with Gasteiger partial charge in [-0.05, 0) is 38.1 Å². The molecular weight excluding hydrogens is 244 g/mol. The third kappa shape index (κ3) is 7.03. The summed E-state index contributed by atoms with van der Waals surface area (Å²) < 4.78 is 10.3. The van der Waals surface area contributed by atoms with Gasteiger partial charge in [0, 0.05) is 0 Å². The molecule has 0 N–H and O–H groups in total. The number of Topliss-reactive ketones (excluding diaryl/α,β-unsaturated/α-hetero) is 1. The van der Waals surface area contributed by atoms with Crippen LogP contribution in [0.15, 0.2) is 36.4 Å². The number of aryl methyl sites for hydroxylation is 1. The second-order valence-electron chi connectivity index (χ2n) is 4.16. The van der Waals surface area contributed by atoms with Gasteiger partial charge in [-0.25, -0.2) is 0 Å². The molecule has 0 atom stereocenters. The minimum Gasteiger partial charge on any atom is -0.490 e. The van der Waals surface area contributed by atoms with Crippen LogP contribution in [0.5, 0.6) is 5.75 Å². The van der Waals surface area contributed by atoms with E-state index in [0.29, 0.717) is 6.61 Å². The van der Waals surface area contributed by atoms with E-state index in [0.717, 1.165) is 5.75 Å². The van der Waals surface area contributed by atoms with Crippen molar-refractivity contribution in [3.05, 3.63) is 42.0 Å². The topological polar surface area (TPSA) is 52.6 Å². The molecule has 0 aliphatic rings. The molecule has 0 spiro atoms. The first-order valence-corrected chi connectivity index (χ1v) is 6.07. The van der Waals surface area contributed by atoms with E-state index in [1.54, 1.807) is 12.2 Å². The summed E-state index contributed by atoms with van der Waals surface area (Å²) in [6, 6.07) is 7.75. The lowest BCUT2D eigenvalue weighted by Gasteiger charge is -2.03. The molecule has 1 aromatic rings. The lowest BCUT2D eigenvalue weighted by molar-refractivity contribution is -0.144. The number of carbonyl (C=O) groups is 2. The molecule has 0 unspecified atom stereocenters. The first kappa shape index (κ1) is 15.0. The minimum atomic E-state index is -0.503. The van der Waals surface area contributed by atoms with E-state index in [-0.39, 0.29) is 18.8 Å². The normalized spacial score (nSPS) is 10.4. The average molecular weight is 262 g/mol. The molecule has 0 radical (unpaired) electrons. The number of esters is 1. The summed E-state index contributed by atoms with van der Waals surface area (Å²) in [5, 5.41) is 0. The number of hydrogen-bond acceptors (Lipinski definition) is 4. The molecule has 0 heterocycles. The van der Waals surface area contributed by atoms with Crippen LogP contribution in [-0.4, -0.2) is 25.0 Å². The molecule has 1 rings (SSSR count). The standard InChI is InChI=1S/C15H18O4/c1-12-5-7-14(8-6-12)18-9-3-4-10-19-15(17)11-13(2)16/h3-8H,9-11H2,1-2H3. The summed E-state index contributed by atoms with van der Waals surface area (Å²) in [6.45, 7) is 3.93. The highest BCUT2D eigenvalue weighted by atomic mass is 16.5. The molecular formula is C15H18O4. The van der Waals surface area contributed by atoms with Crippen molar-refractivity contribution < 1.29 is 19.1 Å². The molecule has 4 heteroatoms. The van der Waals surface area contributed by atoms with Gasteiger partial charge in [-0.1, -0.05) is 17.7 Å². The van der Waals surface area contributed by atoms with Gasteiger partial charge in [0.2, 0.25) is 0 Å². The Labute approximate surface area is 113 Å². The third-order valence-corrected chi connectivity index (χ3v) is 2.27. The Morgan fingerprint density at radius 1 is 1.11 bits per heavy atom. The quantitative estimate of drug-likeness (QED) is 0.430. The second kappa shape index (κ2) is 8.08. The smallest absolute Gasteiger partial charge is 0.313 e. The molecule has 0 saturated heterocycles. The number of carbonyl (C=O) groups excluding carboxylic acids is 2. The van der Waals surface area contributed by atoms with Crippen LogP contribution in [-0.2, 0) is 14.3 Å². The molecule has 0 aliphatic heterocycles. The Morgan fingerprint density at radius 3 is 2.37 bits per heavy atom. The van der Waals surface area contributed by atoms with E-state index in [4.69, 9.17) is 9.47 Å². The summed E-state index contributed by atoms with van der Waals surface area (Å²) in [5.41, 5.74) is 1.18. The van der Waals surface area contributed by atoms with E-state index in [1.807, 2.05) is 31.2 Å². The van der Waals surface area contributed by atoms with Crippen molar-refractivity contribution in [3.8, 4) is 5.75 Å². The lowest BCUT2D eigenvalue weighted by Crippen LogP contribution is -2.08. The number of ketones is 1. The van der Waals surface area contributed by atoms with E-state index in [1.165, 1.54) is 12.5 Å². The summed E-state index contributed by atoms with van der Waals surface area (Å²) >= 11 is 0. The Hall–Kier alpha value is -2.10. The van der Waals surface area contributed by atoms with E-state index < -0.39 is 5.97 Å². The minimum absolute atomic E-state index is 0.156. The monoisotopic (exact) mass is 262 g/mol. The molecule has 0 amide bonds. The molecule has 0 bridgehead atoms. The van der Waals surface area contributed by atoms with Crippen LogP contribution in [0.2, 0.25) is 0 Å². The highest BCUT2D eigenvalue weighted by Gasteiger charge is 2.04. The second-order valence-corrected chi connectivity index (χ2v) is 4.16. The fraction of sp³-hybridized carbons (Fsp3) is 0.333. The zero-order chi connectivity index (χ0) is 14.1. The van der Waals surface area contributed by atoms with Crippen molar-refractivity contribution >= 4 is 11.8 Å². The molecule has 102 valence electrons. The largest absolute Gasteiger partial charge is 0.490 e. The highest BCUT2D eigenvalue weighted by molar-refractivity contribution is 5.94. The SMILES string of the molecule is CC(=O)CC(=O)OCC=CCOc1ccc(C)cc1. The maximum absolute atomic E-state index is 11.0. The third-order valence-electron chi connectivity index (χ3n) is 2.27. The van der Waals surface area contributed by atoms with Crippen LogP contribution in [0.25, 0.3) is 0 Å². The van der Waals surface area contributed by atoms with Gasteiger partial charge in [0.1, 0.15) is 31.2 Å². The lowest BCUT2D eigenvalue weighted by atomic mass is 10.2. The Bertz CT molecular complexity index is 446. The van der Waals surface area contributed by atoms with Gasteiger partial charge in [-0.3, -0.25) is 9.59 Å². The predicted octanol–water partition coefficient (Wildman–Crippen LogP) is 2.45. The summed E-state index contributed by atoms with van der Waals surface area (Å²) in [4.78, 5) is 21.7. The van der Waals surface area contributed by atoms with Gasteiger partial charge in [0.15, 0.2) is 0 Å². The van der Waals surface area contributed by atoms with E-state index in [9.17, 15) is 9.59 Å². The maximum atomic E-state index is 11.0. The molecule has 0 aromatic heterocycles. The zero-order valence-electron chi connectivity index (χ0n) is 11.2. The van der Waals surface area contributed by atoms with Crippen LogP contribution in [0, 0.1) is 6.92 Å². The first-order chi connectivity index (χ1) is 9.08. The van der Waals surface area contributed by atoms with E-state index in [2.05, 4.69) is 0 Å². The van der Waals surface area contributed by atoms with Gasteiger partial charge in [-0.2, -0.15) is 0 Å². The van der Waals surface area contributed by atoms with Crippen molar-refractivity contribution in [2.75, 3.05) is 13.2 Å². The summed E-state index contributed by atoms with van der Waals surface area (Å²) in [6.07, 6.45) is 3.28. The Kier molecular flexibility index (Phi) is 6.36. The van der Waals surface area contributed by atoms with Gasteiger partial charge in [0.05, 0.1) is 0 Å². The fourth-order valence-electron chi connectivity index (χ4n) is 1.31. The van der Waals surface area contributed by atoms with Crippen LogP contribution in [0.1, 0.15) is 18.9 Å². The van der Waals surface area contributed by atoms with Crippen molar-refractivity contribution in [1.29, 1.82) is 0 Å². The van der Waals surface area contributed by atoms with Crippen LogP contribution >= 0.6 is 0 Å². The van der Waals surface area contributed by atoms with Crippen molar-refractivity contribution in [3.63, 3.8) is 0 Å². The Morgan fingerprint density at radius 2 is 1.74 bits per heavy atom. The zero-order valence-corrected chi connectivity index (χ0v) is 11.2. The van der Waals surface area contributed by atoms with Crippen molar-refractivity contribution in [1.82, 2.24) is 0 Å². The molecule has 0 aliphatic carbocycles. The predicted molar refractivity (Wildman–Crippen MR) is 72.1 cm³/mol. The maximum Gasteiger partial charge on any atom is 0.313 e. The van der Waals surface area contributed by atoms with Crippen LogP contribution in [0.3, 0.4) is 0 Å². The Balaban J connectivity index is 2.15. The summed E-state index contributed by atoms with van der Waals surface area (Å²) in [7, 11) is 0. The molecule has 0 fully saturated rings. The van der Waals surface area contributed by atoms with Gasteiger partial charge in [0.25, 0.3) is 0 Å². The van der Waals surface area contributed by atoms with Crippen LogP contribution in [0.4, 0.5) is 0 Å². The van der Waals surface area contributed by atoms with Crippen LogP contribution < -0.4 is 4.74 Å². The van der Waals surface area contributed by atoms with Crippen molar-refractivity contribution in [2.45, 2.75) is 20.3 Å². The van der Waals surface area contributed by atoms with Gasteiger partial charge in [-0.15, -0.1) is 0 Å². The number of benzene rings is 1. The number of rotatable bonds is 7. The molecule has 4 nitrogen and oxygen atoms in total. The summed E-state index contributed by atoms with van der Waals surface area (Å²) in [5.74, 6) is 0.0945. The average Bonchev–Trinajstić information content (AvgIpc) is 2.35. The number of ether oxygens (including phenoxy) is 2. The van der Waals surface area contributed by atoms with Gasteiger partial charge >= 0.3 is 5.97 Å². The molecule has 19 heavy (non-hydrogen) atoms. The van der Waals surface area contributed by atoms with Crippen molar-refractivity contribution in [2.24, 2.45) is 0 Å².